The summed E-state index contributed by atoms with van der Waals surface area (Å²) >= 11 is 0. The van der Waals surface area contributed by atoms with Gasteiger partial charge in [-0.1, -0.05) is 12.1 Å². The standard InChI is InChI=1S/C13H13N5O2/c1-20-12-6-10(16-13(14)17-12)18-7-11(19)15-8-4-2-3-5-9(8)18/h2-6H,7H2,1H3,(H,15,19)(H2,14,16,17). The topological polar surface area (TPSA) is 93.4 Å². The number of nitrogens with one attached hydrogen (secondary N) is 1. The SMILES string of the molecule is COc1cc(N2CC(=O)Nc3ccccc32)nc(N)n1. The average molecular weight is 271 g/mol. The number of aromatic nitrogens is 2. The molecule has 2 heterocycles. The molecule has 0 atom stereocenters. The number of ether oxygens (including phenoxy) is 1. The van der Waals surface area contributed by atoms with Crippen LogP contribution in [0.1, 0.15) is 0 Å². The van der Waals surface area contributed by atoms with Crippen molar-refractivity contribution in [2.24, 2.45) is 0 Å². The van der Waals surface area contributed by atoms with Crippen molar-refractivity contribution in [3.63, 3.8) is 0 Å². The highest BCUT2D eigenvalue weighted by Crippen LogP contribution is 2.34. The fraction of sp³-hybridized carbons (Fsp3) is 0.154. The van der Waals surface area contributed by atoms with Crippen molar-refractivity contribution in [3.05, 3.63) is 30.3 Å². The third-order valence-corrected chi connectivity index (χ3v) is 2.96. The van der Waals surface area contributed by atoms with Gasteiger partial charge in [0.25, 0.3) is 0 Å². The summed E-state index contributed by atoms with van der Waals surface area (Å²) in [6.07, 6.45) is 0. The molecule has 1 aromatic heterocycles. The van der Waals surface area contributed by atoms with Crippen molar-refractivity contribution in [1.82, 2.24) is 9.97 Å². The minimum atomic E-state index is -0.111. The minimum absolute atomic E-state index is 0.0998. The van der Waals surface area contributed by atoms with Crippen LogP contribution in [0, 0.1) is 0 Å². The number of amides is 1. The third-order valence-electron chi connectivity index (χ3n) is 2.96. The van der Waals surface area contributed by atoms with E-state index >= 15 is 0 Å². The Bertz CT molecular complexity index is 674. The number of nitrogens with two attached hydrogens (primary N) is 1. The Morgan fingerprint density at radius 2 is 2.15 bits per heavy atom. The quantitative estimate of drug-likeness (QED) is 0.851. The van der Waals surface area contributed by atoms with E-state index in [2.05, 4.69) is 15.3 Å². The van der Waals surface area contributed by atoms with Crippen molar-refractivity contribution in [3.8, 4) is 5.88 Å². The Hall–Kier alpha value is -2.83. The van der Waals surface area contributed by atoms with E-state index in [1.807, 2.05) is 24.3 Å². The summed E-state index contributed by atoms with van der Waals surface area (Å²) in [6.45, 7) is 0.163. The highest BCUT2D eigenvalue weighted by molar-refractivity contribution is 6.02. The summed E-state index contributed by atoms with van der Waals surface area (Å²) in [6, 6.07) is 9.13. The number of anilines is 4. The van der Waals surface area contributed by atoms with Crippen molar-refractivity contribution in [2.45, 2.75) is 0 Å². The van der Waals surface area contributed by atoms with Crippen LogP contribution in [0.3, 0.4) is 0 Å². The largest absolute Gasteiger partial charge is 0.481 e. The van der Waals surface area contributed by atoms with Gasteiger partial charge in [-0.25, -0.2) is 0 Å². The van der Waals surface area contributed by atoms with Crippen LogP contribution < -0.4 is 20.7 Å². The van der Waals surface area contributed by atoms with E-state index in [4.69, 9.17) is 10.5 Å². The van der Waals surface area contributed by atoms with Gasteiger partial charge in [0.2, 0.25) is 17.7 Å². The molecule has 0 unspecified atom stereocenters. The lowest BCUT2D eigenvalue weighted by Gasteiger charge is -2.30. The number of methoxy groups -OCH3 is 1. The van der Waals surface area contributed by atoms with E-state index in [1.165, 1.54) is 7.11 Å². The molecule has 0 bridgehead atoms. The first-order chi connectivity index (χ1) is 9.67. The van der Waals surface area contributed by atoms with Crippen LogP contribution in [0.25, 0.3) is 0 Å². The first-order valence-corrected chi connectivity index (χ1v) is 6.02. The molecule has 7 nitrogen and oxygen atoms in total. The summed E-state index contributed by atoms with van der Waals surface area (Å²) in [4.78, 5) is 21.7. The van der Waals surface area contributed by atoms with Crippen LogP contribution in [-0.4, -0.2) is 29.5 Å². The molecule has 1 amide bonds. The van der Waals surface area contributed by atoms with E-state index in [0.717, 1.165) is 11.4 Å². The molecule has 1 aliphatic rings. The predicted molar refractivity (Wildman–Crippen MR) is 75.1 cm³/mol. The molecule has 0 radical (unpaired) electrons. The molecule has 20 heavy (non-hydrogen) atoms. The Morgan fingerprint density at radius 3 is 2.95 bits per heavy atom. The number of rotatable bonds is 2. The summed E-state index contributed by atoms with van der Waals surface area (Å²) in [5.74, 6) is 0.871. The lowest BCUT2D eigenvalue weighted by Crippen LogP contribution is -2.35. The van der Waals surface area contributed by atoms with E-state index in [-0.39, 0.29) is 18.4 Å². The van der Waals surface area contributed by atoms with E-state index < -0.39 is 0 Å². The third kappa shape index (κ3) is 2.09. The van der Waals surface area contributed by atoms with Gasteiger partial charge in [0, 0.05) is 6.07 Å². The maximum atomic E-state index is 11.8. The molecule has 0 fully saturated rings. The second-order valence-corrected chi connectivity index (χ2v) is 4.28. The Labute approximate surface area is 115 Å². The Morgan fingerprint density at radius 1 is 1.35 bits per heavy atom. The second kappa shape index (κ2) is 4.69. The van der Waals surface area contributed by atoms with Gasteiger partial charge in [0.05, 0.1) is 18.5 Å². The normalized spacial score (nSPS) is 13.7. The monoisotopic (exact) mass is 271 g/mol. The number of carbonyl (C=O) groups excluding carboxylic acids is 1. The molecule has 1 aromatic carbocycles. The van der Waals surface area contributed by atoms with Crippen molar-refractivity contribution in [1.29, 1.82) is 0 Å². The maximum absolute atomic E-state index is 11.8. The van der Waals surface area contributed by atoms with Gasteiger partial charge in [-0.05, 0) is 12.1 Å². The van der Waals surface area contributed by atoms with Crippen LogP contribution in [-0.2, 0) is 4.79 Å². The number of fused-ring (bicyclic) bond motifs is 1. The van der Waals surface area contributed by atoms with Crippen LogP contribution >= 0.6 is 0 Å². The smallest absolute Gasteiger partial charge is 0.244 e. The lowest BCUT2D eigenvalue weighted by molar-refractivity contribution is -0.115. The van der Waals surface area contributed by atoms with E-state index in [9.17, 15) is 4.79 Å². The zero-order valence-corrected chi connectivity index (χ0v) is 10.8. The summed E-state index contributed by atoms with van der Waals surface area (Å²) in [5.41, 5.74) is 7.26. The number of benzene rings is 1. The molecular weight excluding hydrogens is 258 g/mol. The van der Waals surface area contributed by atoms with Crippen LogP contribution in [0.5, 0.6) is 5.88 Å². The number of hydrogen-bond acceptors (Lipinski definition) is 6. The molecular formula is C13H13N5O2. The molecule has 2 aromatic rings. The van der Waals surface area contributed by atoms with Crippen molar-refractivity contribution in [2.75, 3.05) is 29.6 Å². The zero-order valence-electron chi connectivity index (χ0n) is 10.8. The second-order valence-electron chi connectivity index (χ2n) is 4.28. The Balaban J connectivity index is 2.10. The minimum Gasteiger partial charge on any atom is -0.481 e. The van der Waals surface area contributed by atoms with E-state index in [0.29, 0.717) is 11.7 Å². The fourth-order valence-corrected chi connectivity index (χ4v) is 2.11. The molecule has 7 heteroatoms. The highest BCUT2D eigenvalue weighted by Gasteiger charge is 2.24. The van der Waals surface area contributed by atoms with Gasteiger partial charge in [-0.3, -0.25) is 4.79 Å². The molecule has 1 aliphatic heterocycles. The van der Waals surface area contributed by atoms with Gasteiger partial charge in [0.1, 0.15) is 12.4 Å². The molecule has 0 saturated heterocycles. The summed E-state index contributed by atoms with van der Waals surface area (Å²) in [7, 11) is 1.50. The van der Waals surface area contributed by atoms with E-state index in [1.54, 1.807) is 11.0 Å². The summed E-state index contributed by atoms with van der Waals surface area (Å²) < 4.78 is 5.08. The van der Waals surface area contributed by atoms with Gasteiger partial charge in [-0.15, -0.1) is 0 Å². The van der Waals surface area contributed by atoms with Gasteiger partial charge in [-0.2, -0.15) is 9.97 Å². The fourth-order valence-electron chi connectivity index (χ4n) is 2.11. The molecule has 0 aliphatic carbocycles. The molecule has 0 spiro atoms. The number of carbonyl (C=O) groups is 1. The van der Waals surface area contributed by atoms with Gasteiger partial charge in [0.15, 0.2) is 0 Å². The van der Waals surface area contributed by atoms with Crippen LogP contribution in [0.15, 0.2) is 30.3 Å². The van der Waals surface area contributed by atoms with Gasteiger partial charge >= 0.3 is 0 Å². The average Bonchev–Trinajstić information content (AvgIpc) is 2.45. The lowest BCUT2D eigenvalue weighted by atomic mass is 10.2. The number of nitrogen functional groups attached to an aromatic ring is 1. The first kappa shape index (κ1) is 12.2. The first-order valence-electron chi connectivity index (χ1n) is 6.02. The summed E-state index contributed by atoms with van der Waals surface area (Å²) in [5, 5.41) is 2.82. The van der Waals surface area contributed by atoms with Crippen LogP contribution in [0.4, 0.5) is 23.1 Å². The number of nitrogens with zero attached hydrogens (tertiary/aromatic N) is 3. The van der Waals surface area contributed by atoms with Crippen molar-refractivity contribution >= 4 is 29.0 Å². The molecule has 3 rings (SSSR count). The zero-order chi connectivity index (χ0) is 14.1. The van der Waals surface area contributed by atoms with Crippen LogP contribution in [0.2, 0.25) is 0 Å². The Kier molecular flexibility index (Phi) is 2.86. The molecule has 3 N–H and O–H groups in total. The molecule has 0 saturated carbocycles. The molecule has 102 valence electrons. The van der Waals surface area contributed by atoms with Crippen molar-refractivity contribution < 1.29 is 9.53 Å². The number of hydrogen-bond donors (Lipinski definition) is 2. The number of para-hydroxylation sites is 2. The maximum Gasteiger partial charge on any atom is 0.244 e. The highest BCUT2D eigenvalue weighted by atomic mass is 16.5. The van der Waals surface area contributed by atoms with Gasteiger partial charge < -0.3 is 20.7 Å². The predicted octanol–water partition coefficient (Wildman–Crippen LogP) is 1.16.